The van der Waals surface area contributed by atoms with E-state index in [9.17, 15) is 4.79 Å². The Morgan fingerprint density at radius 2 is 2.00 bits per heavy atom. The van der Waals surface area contributed by atoms with Crippen molar-refractivity contribution in [3.8, 4) is 0 Å². The fourth-order valence-corrected chi connectivity index (χ4v) is 1.22. The third-order valence-corrected chi connectivity index (χ3v) is 2.12. The fourth-order valence-electron chi connectivity index (χ4n) is 1.22. The van der Waals surface area contributed by atoms with Crippen molar-refractivity contribution in [2.45, 2.75) is 19.8 Å². The molecule has 1 rings (SSSR count). The minimum Gasteiger partial charge on any atom is -0.490 e. The summed E-state index contributed by atoms with van der Waals surface area (Å²) in [5.74, 6) is 0.151. The zero-order chi connectivity index (χ0) is 11.1. The van der Waals surface area contributed by atoms with Crippen LogP contribution < -0.4 is 0 Å². The number of hydrogen-bond acceptors (Lipinski definition) is 2. The van der Waals surface area contributed by atoms with Gasteiger partial charge >= 0.3 is 0 Å². The van der Waals surface area contributed by atoms with Gasteiger partial charge in [0, 0.05) is 6.92 Å². The summed E-state index contributed by atoms with van der Waals surface area (Å²) in [4.78, 5) is 10.8. The number of carbonyl (C=O) groups excluding carboxylic acids is 1. The summed E-state index contributed by atoms with van der Waals surface area (Å²) < 4.78 is 5.18. The van der Waals surface area contributed by atoms with Crippen molar-refractivity contribution in [2.24, 2.45) is 0 Å². The maximum absolute atomic E-state index is 10.8. The molecule has 1 aromatic rings. The van der Waals surface area contributed by atoms with E-state index in [1.165, 1.54) is 12.5 Å². The van der Waals surface area contributed by atoms with Crippen LogP contribution in [0.1, 0.15) is 18.9 Å². The Kier molecular flexibility index (Phi) is 4.61. The van der Waals surface area contributed by atoms with Gasteiger partial charge in [0.2, 0.25) is 0 Å². The Hall–Kier alpha value is -1.57. The molecule has 0 N–H and O–H groups in total. The van der Waals surface area contributed by atoms with E-state index in [1.807, 2.05) is 18.2 Å². The molecule has 0 fully saturated rings. The molecule has 0 unspecified atom stereocenters. The highest BCUT2D eigenvalue weighted by molar-refractivity contribution is 5.90. The van der Waals surface area contributed by atoms with Crippen LogP contribution in [-0.2, 0) is 16.0 Å². The summed E-state index contributed by atoms with van der Waals surface area (Å²) in [5.41, 5.74) is 1.29. The number of carbonyl (C=O) groups is 1. The van der Waals surface area contributed by atoms with E-state index in [4.69, 9.17) is 4.74 Å². The average molecular weight is 204 g/mol. The number of hydrogen-bond donors (Lipinski definition) is 0. The summed E-state index contributed by atoms with van der Waals surface area (Å²) in [7, 11) is 0. The van der Waals surface area contributed by atoms with Gasteiger partial charge in [-0.05, 0) is 18.4 Å². The van der Waals surface area contributed by atoms with Crippen molar-refractivity contribution in [1.29, 1.82) is 0 Å². The van der Waals surface area contributed by atoms with E-state index in [0.29, 0.717) is 6.61 Å². The molecule has 0 aliphatic carbocycles. The first-order chi connectivity index (χ1) is 7.20. The highest BCUT2D eigenvalue weighted by Crippen LogP contribution is 2.04. The Labute approximate surface area is 90.6 Å². The Balaban J connectivity index is 2.18. The maximum Gasteiger partial charge on any atom is 0.193 e. The Morgan fingerprint density at radius 3 is 2.60 bits per heavy atom. The molecule has 0 aliphatic heterocycles. The monoisotopic (exact) mass is 204 g/mol. The third-order valence-electron chi connectivity index (χ3n) is 2.12. The van der Waals surface area contributed by atoms with E-state index in [0.717, 1.165) is 12.8 Å². The van der Waals surface area contributed by atoms with Crippen LogP contribution >= 0.6 is 0 Å². The lowest BCUT2D eigenvalue weighted by Gasteiger charge is -2.05. The number of rotatable bonds is 6. The van der Waals surface area contributed by atoms with Crippen LogP contribution in [0.4, 0.5) is 0 Å². The van der Waals surface area contributed by atoms with E-state index in [-0.39, 0.29) is 11.5 Å². The molecule has 0 aliphatic rings. The van der Waals surface area contributed by atoms with Gasteiger partial charge in [-0.25, -0.2) is 0 Å². The number of aryl methyl sites for hydroxylation is 1. The highest BCUT2D eigenvalue weighted by Gasteiger charge is 2.00. The predicted octanol–water partition coefficient (Wildman–Crippen LogP) is 2.74. The van der Waals surface area contributed by atoms with Crippen LogP contribution in [0, 0.1) is 0 Å². The minimum atomic E-state index is -0.102. The molecule has 0 atom stereocenters. The van der Waals surface area contributed by atoms with Gasteiger partial charge < -0.3 is 4.74 Å². The second kappa shape index (κ2) is 6.02. The molecular formula is C13H16O2. The molecule has 0 saturated carbocycles. The molecule has 15 heavy (non-hydrogen) atoms. The lowest BCUT2D eigenvalue weighted by atomic mass is 10.1. The molecule has 1 aromatic carbocycles. The maximum atomic E-state index is 10.8. The fraction of sp³-hybridized carbons (Fsp3) is 0.308. The first kappa shape index (κ1) is 11.5. The van der Waals surface area contributed by atoms with E-state index < -0.39 is 0 Å². The van der Waals surface area contributed by atoms with Crippen LogP contribution in [0.2, 0.25) is 0 Å². The SMILES string of the molecule is C=C(OCCCc1ccccc1)C(C)=O. The molecule has 0 amide bonds. The number of benzene rings is 1. The van der Waals surface area contributed by atoms with E-state index in [1.54, 1.807) is 0 Å². The summed E-state index contributed by atoms with van der Waals surface area (Å²) in [5, 5.41) is 0. The number of Topliss-reactive ketones (excluding diaryl/α,β-unsaturated/α-hetero) is 1. The molecular weight excluding hydrogens is 188 g/mol. The quantitative estimate of drug-likeness (QED) is 0.404. The van der Waals surface area contributed by atoms with Crippen molar-refractivity contribution >= 4 is 5.78 Å². The first-order valence-corrected chi connectivity index (χ1v) is 5.06. The van der Waals surface area contributed by atoms with Crippen molar-refractivity contribution < 1.29 is 9.53 Å². The second-order valence-corrected chi connectivity index (χ2v) is 3.42. The van der Waals surface area contributed by atoms with Gasteiger partial charge in [-0.3, -0.25) is 4.79 Å². The van der Waals surface area contributed by atoms with Crippen molar-refractivity contribution in [2.75, 3.05) is 6.61 Å². The zero-order valence-electron chi connectivity index (χ0n) is 9.03. The van der Waals surface area contributed by atoms with Gasteiger partial charge in [0.05, 0.1) is 6.61 Å². The largest absolute Gasteiger partial charge is 0.490 e. The van der Waals surface area contributed by atoms with Crippen LogP contribution in [0.25, 0.3) is 0 Å². The lowest BCUT2D eigenvalue weighted by Crippen LogP contribution is -2.02. The van der Waals surface area contributed by atoms with Crippen molar-refractivity contribution in [3.05, 3.63) is 48.2 Å². The molecule has 80 valence electrons. The third kappa shape index (κ3) is 4.45. The summed E-state index contributed by atoms with van der Waals surface area (Å²) in [6, 6.07) is 10.2. The van der Waals surface area contributed by atoms with Crippen molar-refractivity contribution in [1.82, 2.24) is 0 Å². The number of ether oxygens (including phenoxy) is 1. The molecule has 0 heterocycles. The summed E-state index contributed by atoms with van der Waals surface area (Å²) in [6.07, 6.45) is 1.86. The molecule has 0 saturated heterocycles. The summed E-state index contributed by atoms with van der Waals surface area (Å²) >= 11 is 0. The van der Waals surface area contributed by atoms with E-state index in [2.05, 4.69) is 18.7 Å². The smallest absolute Gasteiger partial charge is 0.193 e. The number of ketones is 1. The van der Waals surface area contributed by atoms with Gasteiger partial charge in [0.25, 0.3) is 0 Å². The minimum absolute atomic E-state index is 0.102. The molecule has 2 heteroatoms. The average Bonchev–Trinajstić information content (AvgIpc) is 2.25. The standard InChI is InChI=1S/C13H16O2/c1-11(14)12(2)15-10-6-9-13-7-4-3-5-8-13/h3-5,7-8H,2,6,9-10H2,1H3. The van der Waals surface area contributed by atoms with Crippen LogP contribution in [0.15, 0.2) is 42.7 Å². The highest BCUT2D eigenvalue weighted by atomic mass is 16.5. The van der Waals surface area contributed by atoms with Crippen molar-refractivity contribution in [3.63, 3.8) is 0 Å². The molecule has 0 spiro atoms. The van der Waals surface area contributed by atoms with Gasteiger partial charge in [0.1, 0.15) is 0 Å². The molecule has 0 aromatic heterocycles. The lowest BCUT2D eigenvalue weighted by molar-refractivity contribution is -0.116. The topological polar surface area (TPSA) is 26.3 Å². The van der Waals surface area contributed by atoms with Crippen LogP contribution in [0.5, 0.6) is 0 Å². The van der Waals surface area contributed by atoms with Crippen LogP contribution in [-0.4, -0.2) is 12.4 Å². The molecule has 0 radical (unpaired) electrons. The number of allylic oxidation sites excluding steroid dienone is 1. The summed E-state index contributed by atoms with van der Waals surface area (Å²) in [6.45, 7) is 5.53. The molecule has 2 nitrogen and oxygen atoms in total. The second-order valence-electron chi connectivity index (χ2n) is 3.42. The van der Waals surface area contributed by atoms with Gasteiger partial charge in [-0.2, -0.15) is 0 Å². The Bertz CT molecular complexity index is 328. The van der Waals surface area contributed by atoms with Gasteiger partial charge in [-0.15, -0.1) is 0 Å². The first-order valence-electron chi connectivity index (χ1n) is 5.06. The van der Waals surface area contributed by atoms with Crippen LogP contribution in [0.3, 0.4) is 0 Å². The molecule has 0 bridgehead atoms. The Morgan fingerprint density at radius 1 is 1.33 bits per heavy atom. The predicted molar refractivity (Wildman–Crippen MR) is 60.5 cm³/mol. The van der Waals surface area contributed by atoms with Gasteiger partial charge in [-0.1, -0.05) is 36.9 Å². The zero-order valence-corrected chi connectivity index (χ0v) is 9.03. The van der Waals surface area contributed by atoms with E-state index >= 15 is 0 Å². The normalized spacial score (nSPS) is 9.67. The van der Waals surface area contributed by atoms with Gasteiger partial charge in [0.15, 0.2) is 11.5 Å².